The molecule has 0 saturated heterocycles. The van der Waals surface area contributed by atoms with Gasteiger partial charge in [-0.2, -0.15) is 0 Å². The minimum atomic E-state index is -1.01. The average Bonchev–Trinajstić information content (AvgIpc) is 2.64. The Labute approximate surface area is 160 Å². The maximum absolute atomic E-state index is 11.2. The van der Waals surface area contributed by atoms with Crippen LogP contribution in [0.5, 0.6) is 0 Å². The Morgan fingerprint density at radius 3 is 2.52 bits per heavy atom. The van der Waals surface area contributed by atoms with Gasteiger partial charge in [-0.3, -0.25) is 4.79 Å². The zero-order valence-electron chi connectivity index (χ0n) is 16.1. The van der Waals surface area contributed by atoms with Crippen LogP contribution in [-0.2, 0) is 16.9 Å². The summed E-state index contributed by atoms with van der Waals surface area (Å²) in [5, 5.41) is 19.9. The number of nitrogens with zero attached hydrogens (tertiary/aromatic N) is 1. The molecule has 0 bridgehead atoms. The minimum Gasteiger partial charge on any atom is -0.384 e. The fraction of sp³-hybridized carbons (Fsp3) is 0.333. The molecule has 0 aliphatic rings. The molecule has 0 aliphatic carbocycles. The molecule has 2 aromatic carbocycles. The van der Waals surface area contributed by atoms with Crippen molar-refractivity contribution in [1.82, 2.24) is 10.6 Å². The number of rotatable bonds is 7. The monoisotopic (exact) mass is 368 g/mol. The third-order valence-electron chi connectivity index (χ3n) is 4.01. The Hall–Kier alpha value is -2.86. The van der Waals surface area contributed by atoms with Crippen molar-refractivity contribution in [3.05, 3.63) is 65.7 Å². The zero-order chi connectivity index (χ0) is 19.7. The van der Waals surface area contributed by atoms with Gasteiger partial charge in [0, 0.05) is 19.2 Å². The normalized spacial score (nSPS) is 13.6. The molecule has 2 aromatic rings. The second-order valence-electron chi connectivity index (χ2n) is 6.57. The molecule has 0 aliphatic heterocycles. The number of aliphatic imine (C=N–C) groups is 1. The van der Waals surface area contributed by atoms with E-state index in [-0.39, 0.29) is 5.91 Å². The highest BCUT2D eigenvalue weighted by molar-refractivity contribution is 5.88. The number of carbonyl (C=O) groups is 1. The fourth-order valence-corrected chi connectivity index (χ4v) is 2.62. The minimum absolute atomic E-state index is 0.103. The van der Waals surface area contributed by atoms with Crippen LogP contribution in [0.25, 0.3) is 0 Å². The summed E-state index contributed by atoms with van der Waals surface area (Å²) in [5.41, 5.74) is 1.56. The van der Waals surface area contributed by atoms with Gasteiger partial charge in [0.25, 0.3) is 0 Å². The van der Waals surface area contributed by atoms with Crippen LogP contribution in [0.4, 0.5) is 5.69 Å². The summed E-state index contributed by atoms with van der Waals surface area (Å²) in [6.45, 7) is 6.74. The van der Waals surface area contributed by atoms with Gasteiger partial charge in [-0.25, -0.2) is 4.99 Å². The lowest BCUT2D eigenvalue weighted by molar-refractivity contribution is -0.114. The van der Waals surface area contributed by atoms with E-state index in [0.29, 0.717) is 25.6 Å². The molecule has 0 saturated carbocycles. The Morgan fingerprint density at radius 1 is 1.11 bits per heavy atom. The highest BCUT2D eigenvalue weighted by Gasteiger charge is 2.22. The van der Waals surface area contributed by atoms with Gasteiger partial charge in [0.2, 0.25) is 5.91 Å². The predicted molar refractivity (Wildman–Crippen MR) is 110 cm³/mol. The van der Waals surface area contributed by atoms with Gasteiger partial charge in [-0.15, -0.1) is 0 Å². The van der Waals surface area contributed by atoms with E-state index in [4.69, 9.17) is 0 Å². The molecule has 6 nitrogen and oxygen atoms in total. The van der Waals surface area contributed by atoms with Gasteiger partial charge in [0.15, 0.2) is 5.96 Å². The number of anilines is 1. The van der Waals surface area contributed by atoms with Crippen molar-refractivity contribution in [3.8, 4) is 0 Å². The second kappa shape index (κ2) is 9.73. The number of hydrogen-bond acceptors (Lipinski definition) is 3. The molecule has 144 valence electrons. The van der Waals surface area contributed by atoms with Crippen molar-refractivity contribution >= 4 is 17.6 Å². The molecule has 1 amide bonds. The van der Waals surface area contributed by atoms with E-state index in [1.165, 1.54) is 6.92 Å². The Kier molecular flexibility index (Phi) is 7.37. The molecular weight excluding hydrogens is 340 g/mol. The predicted octanol–water partition coefficient (Wildman–Crippen LogP) is 2.61. The summed E-state index contributed by atoms with van der Waals surface area (Å²) in [6.07, 6.45) is 0. The second-order valence-corrected chi connectivity index (χ2v) is 6.57. The van der Waals surface area contributed by atoms with Crippen molar-refractivity contribution in [2.45, 2.75) is 32.9 Å². The van der Waals surface area contributed by atoms with Gasteiger partial charge in [-0.05, 0) is 37.1 Å². The van der Waals surface area contributed by atoms with E-state index >= 15 is 0 Å². The van der Waals surface area contributed by atoms with Gasteiger partial charge in [0.05, 0.1) is 13.1 Å². The molecule has 27 heavy (non-hydrogen) atoms. The molecule has 2 rings (SSSR count). The first kappa shape index (κ1) is 20.5. The first-order valence-electron chi connectivity index (χ1n) is 9.07. The molecule has 0 radical (unpaired) electrons. The van der Waals surface area contributed by atoms with Crippen molar-refractivity contribution in [2.24, 2.45) is 4.99 Å². The first-order valence-corrected chi connectivity index (χ1v) is 9.07. The van der Waals surface area contributed by atoms with Crippen LogP contribution < -0.4 is 16.0 Å². The van der Waals surface area contributed by atoms with E-state index in [9.17, 15) is 9.90 Å². The smallest absolute Gasteiger partial charge is 0.221 e. The third kappa shape index (κ3) is 6.75. The highest BCUT2D eigenvalue weighted by atomic mass is 16.3. The van der Waals surface area contributed by atoms with Crippen LogP contribution >= 0.6 is 0 Å². The summed E-state index contributed by atoms with van der Waals surface area (Å²) < 4.78 is 0. The van der Waals surface area contributed by atoms with Crippen LogP contribution in [0, 0.1) is 0 Å². The quantitative estimate of drug-likeness (QED) is 0.447. The molecule has 0 heterocycles. The topological polar surface area (TPSA) is 85.8 Å². The number of carbonyl (C=O) groups excluding carboxylic acids is 1. The number of benzene rings is 2. The summed E-state index contributed by atoms with van der Waals surface area (Å²) in [6, 6.07) is 17.1. The van der Waals surface area contributed by atoms with Gasteiger partial charge >= 0.3 is 0 Å². The van der Waals surface area contributed by atoms with Crippen LogP contribution in [-0.4, -0.2) is 30.1 Å². The van der Waals surface area contributed by atoms with Crippen molar-refractivity contribution in [2.75, 3.05) is 18.4 Å². The maximum atomic E-state index is 11.2. The number of aliphatic hydroxyl groups is 1. The summed E-state index contributed by atoms with van der Waals surface area (Å²) in [4.78, 5) is 15.8. The SMILES string of the molecule is CCNC(=NCc1cccc(NC(C)=O)c1)NCC(C)(O)c1ccccc1. The van der Waals surface area contributed by atoms with Gasteiger partial charge in [-0.1, -0.05) is 42.5 Å². The number of nitrogens with one attached hydrogen (secondary N) is 3. The van der Waals surface area contributed by atoms with E-state index in [1.54, 1.807) is 6.92 Å². The highest BCUT2D eigenvalue weighted by Crippen LogP contribution is 2.18. The lowest BCUT2D eigenvalue weighted by Crippen LogP contribution is -2.44. The van der Waals surface area contributed by atoms with E-state index < -0.39 is 5.60 Å². The lowest BCUT2D eigenvalue weighted by atomic mass is 9.96. The fourth-order valence-electron chi connectivity index (χ4n) is 2.62. The molecule has 6 heteroatoms. The maximum Gasteiger partial charge on any atom is 0.221 e. The third-order valence-corrected chi connectivity index (χ3v) is 4.01. The largest absolute Gasteiger partial charge is 0.384 e. The van der Waals surface area contributed by atoms with Crippen LogP contribution in [0.1, 0.15) is 31.9 Å². The zero-order valence-corrected chi connectivity index (χ0v) is 16.1. The van der Waals surface area contributed by atoms with E-state index in [0.717, 1.165) is 16.8 Å². The van der Waals surface area contributed by atoms with Crippen molar-refractivity contribution in [3.63, 3.8) is 0 Å². The number of guanidine groups is 1. The van der Waals surface area contributed by atoms with E-state index in [1.807, 2.05) is 61.5 Å². The lowest BCUT2D eigenvalue weighted by Gasteiger charge is -2.25. The molecule has 0 fully saturated rings. The first-order chi connectivity index (χ1) is 12.9. The average molecular weight is 368 g/mol. The number of amides is 1. The van der Waals surface area contributed by atoms with Crippen LogP contribution in [0.15, 0.2) is 59.6 Å². The summed E-state index contributed by atoms with van der Waals surface area (Å²) in [5.74, 6) is 0.521. The van der Waals surface area contributed by atoms with Gasteiger partial charge in [0.1, 0.15) is 5.60 Å². The molecular formula is C21H28N4O2. The Balaban J connectivity index is 2.03. The number of hydrogen-bond donors (Lipinski definition) is 4. The van der Waals surface area contributed by atoms with Gasteiger partial charge < -0.3 is 21.1 Å². The standard InChI is InChI=1S/C21H28N4O2/c1-4-22-20(24-15-21(3,27)18-10-6-5-7-11-18)23-14-17-9-8-12-19(13-17)25-16(2)26/h5-13,27H,4,14-15H2,1-3H3,(H,25,26)(H2,22,23,24). The Morgan fingerprint density at radius 2 is 1.85 bits per heavy atom. The molecule has 0 aromatic heterocycles. The molecule has 0 spiro atoms. The summed E-state index contributed by atoms with van der Waals surface area (Å²) >= 11 is 0. The van der Waals surface area contributed by atoms with Crippen molar-refractivity contribution < 1.29 is 9.90 Å². The van der Waals surface area contributed by atoms with E-state index in [2.05, 4.69) is 20.9 Å². The summed E-state index contributed by atoms with van der Waals surface area (Å²) in [7, 11) is 0. The molecule has 4 N–H and O–H groups in total. The molecule has 1 unspecified atom stereocenters. The van der Waals surface area contributed by atoms with Crippen LogP contribution in [0.3, 0.4) is 0 Å². The van der Waals surface area contributed by atoms with Crippen LogP contribution in [0.2, 0.25) is 0 Å². The Bertz CT molecular complexity index is 773. The van der Waals surface area contributed by atoms with Crippen molar-refractivity contribution in [1.29, 1.82) is 0 Å². The molecule has 1 atom stereocenters.